The number of aromatic nitrogens is 3. The Balaban J connectivity index is 1.44. The van der Waals surface area contributed by atoms with E-state index >= 15 is 0 Å². The lowest BCUT2D eigenvalue weighted by Crippen LogP contribution is -2.32. The van der Waals surface area contributed by atoms with Gasteiger partial charge in [-0.05, 0) is 28.7 Å². The number of alkyl halides is 3. The summed E-state index contributed by atoms with van der Waals surface area (Å²) in [7, 11) is 0. The minimum Gasteiger partial charge on any atom is -0.443 e. The first-order valence-electron chi connectivity index (χ1n) is 9.04. The summed E-state index contributed by atoms with van der Waals surface area (Å²) >= 11 is 0. The summed E-state index contributed by atoms with van der Waals surface area (Å²) in [6.07, 6.45) is -2.29. The summed E-state index contributed by atoms with van der Waals surface area (Å²) in [5.74, 6) is -0.622. The number of nitrogens with zero attached hydrogens (tertiary/aromatic N) is 4. The summed E-state index contributed by atoms with van der Waals surface area (Å²) in [4.78, 5) is 18.3. The van der Waals surface area contributed by atoms with Gasteiger partial charge < -0.3 is 24.3 Å². The molecular formula is C19H15F3N4O5. The average Bonchev–Trinajstić information content (AvgIpc) is 3.16. The third-order valence-electron chi connectivity index (χ3n) is 4.46. The van der Waals surface area contributed by atoms with Gasteiger partial charge in [-0.15, -0.1) is 13.2 Å². The number of hydrogen-bond donors (Lipinski definition) is 0. The number of nitro groups is 1. The van der Waals surface area contributed by atoms with Gasteiger partial charge in [0.15, 0.2) is 0 Å². The van der Waals surface area contributed by atoms with Crippen molar-refractivity contribution in [2.24, 2.45) is 0 Å². The van der Waals surface area contributed by atoms with Crippen molar-refractivity contribution in [2.45, 2.75) is 25.6 Å². The highest BCUT2D eigenvalue weighted by molar-refractivity contribution is 5.66. The largest absolute Gasteiger partial charge is 0.573 e. The molecule has 162 valence electrons. The lowest BCUT2D eigenvalue weighted by molar-refractivity contribution is -0.389. The maximum Gasteiger partial charge on any atom is 0.573 e. The van der Waals surface area contributed by atoms with Crippen molar-refractivity contribution in [3.05, 3.63) is 64.6 Å². The molecule has 0 saturated heterocycles. The van der Waals surface area contributed by atoms with Crippen LogP contribution in [-0.2, 0) is 17.9 Å². The second-order valence-corrected chi connectivity index (χ2v) is 6.61. The molecule has 0 saturated carbocycles. The van der Waals surface area contributed by atoms with Gasteiger partial charge in [-0.1, -0.05) is 18.2 Å². The van der Waals surface area contributed by atoms with E-state index < -0.39 is 17.4 Å². The summed E-state index contributed by atoms with van der Waals surface area (Å²) in [5, 5.41) is 10.8. The Labute approximate surface area is 173 Å². The van der Waals surface area contributed by atoms with Crippen LogP contribution in [-0.4, -0.2) is 38.5 Å². The van der Waals surface area contributed by atoms with Gasteiger partial charge in [-0.25, -0.2) is 0 Å². The summed E-state index contributed by atoms with van der Waals surface area (Å²) in [6.45, 7) is 0.596. The number of rotatable bonds is 6. The smallest absolute Gasteiger partial charge is 0.443 e. The monoisotopic (exact) mass is 436 g/mol. The topological polar surface area (TPSA) is 102 Å². The molecule has 2 aromatic heterocycles. The first-order chi connectivity index (χ1) is 14.8. The van der Waals surface area contributed by atoms with Crippen LogP contribution in [0.15, 0.2) is 48.8 Å². The Morgan fingerprint density at radius 2 is 2.03 bits per heavy atom. The molecule has 0 amide bonds. The lowest BCUT2D eigenvalue weighted by atomic mass is 10.0. The van der Waals surface area contributed by atoms with Gasteiger partial charge >= 0.3 is 18.2 Å². The van der Waals surface area contributed by atoms with E-state index in [9.17, 15) is 23.3 Å². The predicted molar refractivity (Wildman–Crippen MR) is 99.3 cm³/mol. The van der Waals surface area contributed by atoms with Gasteiger partial charge in [-0.3, -0.25) is 9.55 Å². The van der Waals surface area contributed by atoms with Gasteiger partial charge in [0.2, 0.25) is 0 Å². The highest BCUT2D eigenvalue weighted by atomic mass is 19.4. The predicted octanol–water partition coefficient (Wildman–Crippen LogP) is 3.73. The Kier molecular flexibility index (Phi) is 5.46. The van der Waals surface area contributed by atoms with Crippen molar-refractivity contribution >= 4 is 5.82 Å². The Bertz CT molecular complexity index is 1080. The van der Waals surface area contributed by atoms with Crippen LogP contribution >= 0.6 is 0 Å². The molecule has 1 aromatic carbocycles. The van der Waals surface area contributed by atoms with Crippen molar-refractivity contribution in [1.29, 1.82) is 0 Å². The van der Waals surface area contributed by atoms with Crippen LogP contribution in [0.3, 0.4) is 0 Å². The first-order valence-corrected chi connectivity index (χ1v) is 9.04. The molecule has 3 heterocycles. The van der Waals surface area contributed by atoms with Crippen LogP contribution in [0.2, 0.25) is 0 Å². The third-order valence-corrected chi connectivity index (χ3v) is 4.46. The minimum atomic E-state index is -4.76. The molecule has 0 fully saturated rings. The molecular weight excluding hydrogens is 421 g/mol. The van der Waals surface area contributed by atoms with Crippen molar-refractivity contribution in [2.75, 3.05) is 6.61 Å². The zero-order valence-corrected chi connectivity index (χ0v) is 15.8. The van der Waals surface area contributed by atoms with Crippen molar-refractivity contribution < 1.29 is 32.3 Å². The molecule has 0 bridgehead atoms. The summed E-state index contributed by atoms with van der Waals surface area (Å²) < 4.78 is 53.7. The van der Waals surface area contributed by atoms with Crippen LogP contribution in [0.1, 0.15) is 5.69 Å². The van der Waals surface area contributed by atoms with Gasteiger partial charge in [0.25, 0.3) is 0 Å². The quantitative estimate of drug-likeness (QED) is 0.429. The molecule has 31 heavy (non-hydrogen) atoms. The minimum absolute atomic E-state index is 0.108. The Hall–Kier alpha value is -3.67. The van der Waals surface area contributed by atoms with E-state index in [0.717, 1.165) is 0 Å². The van der Waals surface area contributed by atoms with E-state index in [0.29, 0.717) is 23.4 Å². The SMILES string of the molecule is O=[N+]([O-])c1cn2c(n1)OC[C@@H](OCc1ncccc1-c1ccc(OC(F)(F)F)cc1)C2. The first kappa shape index (κ1) is 20.6. The number of halogens is 3. The van der Waals surface area contributed by atoms with Gasteiger partial charge in [-0.2, -0.15) is 0 Å². The van der Waals surface area contributed by atoms with Crippen LogP contribution in [0.4, 0.5) is 19.0 Å². The maximum atomic E-state index is 12.3. The summed E-state index contributed by atoms with van der Waals surface area (Å²) in [5.41, 5.74) is 1.92. The second-order valence-electron chi connectivity index (χ2n) is 6.61. The van der Waals surface area contributed by atoms with Gasteiger partial charge in [0.1, 0.15) is 24.7 Å². The number of imidazole rings is 1. The zero-order valence-electron chi connectivity index (χ0n) is 15.8. The van der Waals surface area contributed by atoms with E-state index in [1.165, 1.54) is 35.0 Å². The molecule has 0 spiro atoms. The molecule has 1 aliphatic rings. The van der Waals surface area contributed by atoms with E-state index in [-0.39, 0.29) is 30.8 Å². The van der Waals surface area contributed by atoms with Crippen molar-refractivity contribution in [3.63, 3.8) is 0 Å². The van der Waals surface area contributed by atoms with Crippen LogP contribution in [0.5, 0.6) is 11.8 Å². The van der Waals surface area contributed by atoms with E-state index in [1.54, 1.807) is 18.3 Å². The van der Waals surface area contributed by atoms with Crippen LogP contribution in [0.25, 0.3) is 11.1 Å². The fraction of sp³-hybridized carbons (Fsp3) is 0.263. The normalized spacial score (nSPS) is 15.8. The molecule has 0 aliphatic carbocycles. The molecule has 0 N–H and O–H groups in total. The Morgan fingerprint density at radius 3 is 2.74 bits per heavy atom. The molecule has 9 nitrogen and oxygen atoms in total. The van der Waals surface area contributed by atoms with Crippen LogP contribution in [0, 0.1) is 10.1 Å². The molecule has 4 rings (SSSR count). The molecule has 1 aliphatic heterocycles. The second kappa shape index (κ2) is 8.22. The van der Waals surface area contributed by atoms with E-state index in [2.05, 4.69) is 14.7 Å². The lowest BCUT2D eigenvalue weighted by Gasteiger charge is -2.22. The van der Waals surface area contributed by atoms with E-state index in [4.69, 9.17) is 9.47 Å². The molecule has 12 heteroatoms. The fourth-order valence-corrected chi connectivity index (χ4v) is 3.11. The zero-order chi connectivity index (χ0) is 22.0. The van der Waals surface area contributed by atoms with Gasteiger partial charge in [0.05, 0.1) is 18.8 Å². The number of hydrogen-bond acceptors (Lipinski definition) is 7. The number of fused-ring (bicyclic) bond motifs is 1. The Morgan fingerprint density at radius 1 is 1.26 bits per heavy atom. The van der Waals surface area contributed by atoms with Crippen LogP contribution < -0.4 is 9.47 Å². The maximum absolute atomic E-state index is 12.3. The average molecular weight is 436 g/mol. The van der Waals surface area contributed by atoms with Crippen molar-refractivity contribution in [1.82, 2.24) is 14.5 Å². The van der Waals surface area contributed by atoms with Crippen molar-refractivity contribution in [3.8, 4) is 22.9 Å². The standard InChI is InChI=1S/C19H15F3N4O5/c20-19(21,22)31-13-5-3-12(4-6-13)15-2-1-7-23-16(15)11-29-14-8-25-9-17(26(27)28)24-18(25)30-10-14/h1-7,9,14H,8,10-11H2/t14-/m0/s1. The molecule has 0 unspecified atom stereocenters. The van der Waals surface area contributed by atoms with Gasteiger partial charge in [0, 0.05) is 16.7 Å². The highest BCUT2D eigenvalue weighted by Crippen LogP contribution is 2.29. The molecule has 0 radical (unpaired) electrons. The molecule has 1 atom stereocenters. The third kappa shape index (κ3) is 4.91. The number of ether oxygens (including phenoxy) is 3. The number of benzene rings is 1. The molecule has 3 aromatic rings. The van der Waals surface area contributed by atoms with E-state index in [1.807, 2.05) is 0 Å². The highest BCUT2D eigenvalue weighted by Gasteiger charge is 2.31. The fourth-order valence-electron chi connectivity index (χ4n) is 3.11. The summed E-state index contributed by atoms with van der Waals surface area (Å²) in [6, 6.07) is 9.10. The number of pyridine rings is 1.